The summed E-state index contributed by atoms with van der Waals surface area (Å²) in [5, 5.41) is 5.07. The van der Waals surface area contributed by atoms with Crippen LogP contribution < -0.4 is 16.4 Å². The highest BCUT2D eigenvalue weighted by molar-refractivity contribution is 6.06. The number of fused-ring (bicyclic) bond motifs is 1. The Morgan fingerprint density at radius 2 is 1.93 bits per heavy atom. The van der Waals surface area contributed by atoms with Crippen LogP contribution >= 0.6 is 0 Å². The van der Waals surface area contributed by atoms with Crippen LogP contribution in [0.4, 0.5) is 5.69 Å². The molecule has 148 valence electrons. The zero-order chi connectivity index (χ0) is 20.3. The first-order valence-corrected chi connectivity index (χ1v) is 9.21. The second-order valence-electron chi connectivity index (χ2n) is 6.95. The third kappa shape index (κ3) is 4.19. The van der Waals surface area contributed by atoms with Gasteiger partial charge in [-0.2, -0.15) is 0 Å². The minimum Gasteiger partial charge on any atom is -0.370 e. The van der Waals surface area contributed by atoms with E-state index < -0.39 is 17.9 Å². The molecule has 1 saturated heterocycles. The minimum absolute atomic E-state index is 0.186. The lowest BCUT2D eigenvalue weighted by atomic mass is 10.0. The Morgan fingerprint density at radius 3 is 2.64 bits per heavy atom. The Balaban J connectivity index is 1.66. The maximum atomic E-state index is 12.7. The van der Waals surface area contributed by atoms with Crippen molar-refractivity contribution in [3.05, 3.63) is 29.3 Å². The molecule has 3 rings (SSSR count). The number of primary amides is 1. The Hall–Kier alpha value is -3.23. The van der Waals surface area contributed by atoms with Crippen molar-refractivity contribution < 1.29 is 24.0 Å². The summed E-state index contributed by atoms with van der Waals surface area (Å²) in [6, 6.07) is 4.34. The number of benzene rings is 1. The van der Waals surface area contributed by atoms with Gasteiger partial charge in [0.25, 0.3) is 5.91 Å². The maximum absolute atomic E-state index is 12.7. The quantitative estimate of drug-likeness (QED) is 0.461. The van der Waals surface area contributed by atoms with Gasteiger partial charge >= 0.3 is 0 Å². The van der Waals surface area contributed by atoms with Gasteiger partial charge in [0.05, 0.1) is 0 Å². The predicted octanol–water partition coefficient (Wildman–Crippen LogP) is 0.432. The van der Waals surface area contributed by atoms with Crippen molar-refractivity contribution in [2.45, 2.75) is 51.1 Å². The first-order chi connectivity index (χ1) is 13.4. The van der Waals surface area contributed by atoms with E-state index in [1.54, 1.807) is 18.2 Å². The third-order valence-corrected chi connectivity index (χ3v) is 4.93. The number of amides is 5. The van der Waals surface area contributed by atoms with E-state index in [2.05, 4.69) is 10.6 Å². The highest BCUT2D eigenvalue weighted by Crippen LogP contribution is 2.32. The average Bonchev–Trinajstić information content (AvgIpc) is 2.97. The van der Waals surface area contributed by atoms with Gasteiger partial charge in [-0.3, -0.25) is 29.3 Å². The van der Waals surface area contributed by atoms with Crippen LogP contribution in [0, 0.1) is 0 Å². The lowest BCUT2D eigenvalue weighted by Crippen LogP contribution is -2.52. The molecule has 28 heavy (non-hydrogen) atoms. The number of hydrogen-bond donors (Lipinski definition) is 3. The molecule has 5 amide bonds. The van der Waals surface area contributed by atoms with Gasteiger partial charge in [-0.1, -0.05) is 6.07 Å². The Labute approximate surface area is 161 Å². The van der Waals surface area contributed by atoms with Gasteiger partial charge in [0.15, 0.2) is 0 Å². The number of piperidine rings is 1. The van der Waals surface area contributed by atoms with Gasteiger partial charge in [0.2, 0.25) is 23.6 Å². The molecule has 9 nitrogen and oxygen atoms in total. The van der Waals surface area contributed by atoms with Crippen molar-refractivity contribution >= 4 is 35.2 Å². The fourth-order valence-corrected chi connectivity index (χ4v) is 3.50. The summed E-state index contributed by atoms with van der Waals surface area (Å²) in [6.07, 6.45) is 2.02. The van der Waals surface area contributed by atoms with Gasteiger partial charge in [-0.25, -0.2) is 0 Å². The molecule has 1 unspecified atom stereocenters. The molecule has 1 aromatic carbocycles. The molecule has 0 saturated carbocycles. The number of carbonyl (C=O) groups excluding carboxylic acids is 5. The molecule has 1 fully saturated rings. The van der Waals surface area contributed by atoms with Crippen molar-refractivity contribution in [2.75, 3.05) is 5.32 Å². The number of nitrogens with two attached hydrogens (primary N) is 1. The fraction of sp³-hybridized carbons (Fsp3) is 0.421. The SMILES string of the molecule is NC(=O)CCCCC(=O)Nc1cccc2c1CN(C1CCC(=O)NC1=O)C2=O. The molecule has 0 aromatic heterocycles. The monoisotopic (exact) mass is 386 g/mol. The first-order valence-electron chi connectivity index (χ1n) is 9.21. The van der Waals surface area contributed by atoms with E-state index in [0.29, 0.717) is 29.7 Å². The van der Waals surface area contributed by atoms with Crippen molar-refractivity contribution in [2.24, 2.45) is 5.73 Å². The van der Waals surface area contributed by atoms with Crippen LogP contribution in [0.3, 0.4) is 0 Å². The lowest BCUT2D eigenvalue weighted by Gasteiger charge is -2.29. The second kappa shape index (κ2) is 8.20. The highest BCUT2D eigenvalue weighted by Gasteiger charge is 2.39. The normalized spacial score (nSPS) is 18.6. The molecular formula is C19H22N4O5. The van der Waals surface area contributed by atoms with Gasteiger partial charge in [-0.15, -0.1) is 0 Å². The van der Waals surface area contributed by atoms with Gasteiger partial charge in [0.1, 0.15) is 6.04 Å². The van der Waals surface area contributed by atoms with Crippen LogP contribution in [0.5, 0.6) is 0 Å². The van der Waals surface area contributed by atoms with E-state index in [1.807, 2.05) is 0 Å². The predicted molar refractivity (Wildman–Crippen MR) is 98.8 cm³/mol. The van der Waals surface area contributed by atoms with Crippen molar-refractivity contribution in [1.82, 2.24) is 10.2 Å². The van der Waals surface area contributed by atoms with Crippen molar-refractivity contribution in [3.8, 4) is 0 Å². The molecule has 0 radical (unpaired) electrons. The fourth-order valence-electron chi connectivity index (χ4n) is 3.50. The minimum atomic E-state index is -0.699. The zero-order valence-electron chi connectivity index (χ0n) is 15.3. The Bertz CT molecular complexity index is 851. The van der Waals surface area contributed by atoms with Gasteiger partial charge in [-0.05, 0) is 31.4 Å². The summed E-state index contributed by atoms with van der Waals surface area (Å²) < 4.78 is 0. The summed E-state index contributed by atoms with van der Waals surface area (Å²) in [5.41, 5.74) is 6.70. The summed E-state index contributed by atoms with van der Waals surface area (Å²) >= 11 is 0. The van der Waals surface area contributed by atoms with Crippen LogP contribution in [0.2, 0.25) is 0 Å². The Morgan fingerprint density at radius 1 is 1.18 bits per heavy atom. The number of nitrogens with one attached hydrogen (secondary N) is 2. The third-order valence-electron chi connectivity index (χ3n) is 4.93. The zero-order valence-corrected chi connectivity index (χ0v) is 15.3. The summed E-state index contributed by atoms with van der Waals surface area (Å²) in [4.78, 5) is 60.6. The van der Waals surface area contributed by atoms with Crippen LogP contribution in [0.1, 0.15) is 54.4 Å². The number of nitrogens with zero attached hydrogens (tertiary/aromatic N) is 1. The van der Waals surface area contributed by atoms with Crippen LogP contribution in [-0.2, 0) is 25.7 Å². The number of hydrogen-bond acceptors (Lipinski definition) is 5. The van der Waals surface area contributed by atoms with Crippen molar-refractivity contribution in [3.63, 3.8) is 0 Å². The molecule has 9 heteroatoms. The number of carbonyl (C=O) groups is 5. The van der Waals surface area contributed by atoms with E-state index in [0.717, 1.165) is 0 Å². The van der Waals surface area contributed by atoms with E-state index >= 15 is 0 Å². The molecule has 1 atom stereocenters. The lowest BCUT2D eigenvalue weighted by molar-refractivity contribution is -0.137. The molecule has 4 N–H and O–H groups in total. The number of anilines is 1. The standard InChI is InChI=1S/C19H22N4O5/c20-15(24)6-1-2-7-16(25)21-13-5-3-4-11-12(13)10-23(19(11)28)14-8-9-17(26)22-18(14)27/h3-5,14H,1-2,6-10H2,(H2,20,24)(H,21,25)(H,22,26,27). The molecule has 2 aliphatic heterocycles. The molecular weight excluding hydrogens is 364 g/mol. The number of unbranched alkanes of at least 4 members (excludes halogenated alkanes) is 1. The molecule has 0 aliphatic carbocycles. The summed E-state index contributed by atoms with van der Waals surface area (Å²) in [6.45, 7) is 0.193. The molecule has 2 heterocycles. The van der Waals surface area contributed by atoms with Gasteiger partial charge in [0, 0.05) is 42.6 Å². The van der Waals surface area contributed by atoms with Crippen LogP contribution in [0.15, 0.2) is 18.2 Å². The Kier molecular flexibility index (Phi) is 5.72. The van der Waals surface area contributed by atoms with E-state index in [1.165, 1.54) is 4.90 Å². The van der Waals surface area contributed by atoms with Gasteiger partial charge < -0.3 is 16.0 Å². The van der Waals surface area contributed by atoms with E-state index in [4.69, 9.17) is 5.73 Å². The topological polar surface area (TPSA) is 139 Å². The smallest absolute Gasteiger partial charge is 0.255 e. The summed E-state index contributed by atoms with van der Waals surface area (Å²) in [7, 11) is 0. The first kappa shape index (κ1) is 19.5. The number of imide groups is 1. The largest absolute Gasteiger partial charge is 0.370 e. The second-order valence-corrected chi connectivity index (χ2v) is 6.95. The highest BCUT2D eigenvalue weighted by atomic mass is 16.2. The van der Waals surface area contributed by atoms with E-state index in [-0.39, 0.29) is 49.9 Å². The molecule has 1 aromatic rings. The van der Waals surface area contributed by atoms with Crippen LogP contribution in [-0.4, -0.2) is 40.5 Å². The van der Waals surface area contributed by atoms with Crippen LogP contribution in [0.25, 0.3) is 0 Å². The molecule has 2 aliphatic rings. The molecule has 0 bridgehead atoms. The average molecular weight is 386 g/mol. The van der Waals surface area contributed by atoms with Crippen molar-refractivity contribution in [1.29, 1.82) is 0 Å². The van der Waals surface area contributed by atoms with E-state index in [9.17, 15) is 24.0 Å². The molecule has 0 spiro atoms. The summed E-state index contributed by atoms with van der Waals surface area (Å²) in [5.74, 6) is -1.72. The number of rotatable bonds is 7. The maximum Gasteiger partial charge on any atom is 0.255 e.